The molecule has 0 fully saturated rings. The Morgan fingerprint density at radius 2 is 1.83 bits per heavy atom. The van der Waals surface area contributed by atoms with Gasteiger partial charge in [0.25, 0.3) is 0 Å². The predicted octanol–water partition coefficient (Wildman–Crippen LogP) is 2.84. The van der Waals surface area contributed by atoms with E-state index in [1.54, 1.807) is 6.92 Å². The molecule has 0 saturated carbocycles. The maximum Gasteiger partial charge on any atom is 0.326 e. The molecule has 2 atom stereocenters. The molecule has 0 spiro atoms. The third-order valence-corrected chi connectivity index (χ3v) is 4.52. The summed E-state index contributed by atoms with van der Waals surface area (Å²) < 4.78 is 17.1. The normalized spacial score (nSPS) is 14.9. The Hall–Kier alpha value is -1.16. The average molecular weight is 268 g/mol. The van der Waals surface area contributed by atoms with Crippen molar-refractivity contribution in [2.45, 2.75) is 37.7 Å². The first-order valence-corrected chi connectivity index (χ1v) is 7.21. The summed E-state index contributed by atoms with van der Waals surface area (Å²) in [5, 5.41) is -0.717. The van der Waals surface area contributed by atoms with Crippen molar-refractivity contribution in [2.24, 2.45) is 0 Å². The van der Waals surface area contributed by atoms with Gasteiger partial charge in [0.1, 0.15) is 0 Å². The van der Waals surface area contributed by atoms with Crippen molar-refractivity contribution >= 4 is 16.8 Å². The number of carbonyl (C=O) groups excluding carboxylic acids is 1. The lowest BCUT2D eigenvalue weighted by molar-refractivity contribution is -0.142. The van der Waals surface area contributed by atoms with Crippen LogP contribution in [0.3, 0.4) is 0 Å². The van der Waals surface area contributed by atoms with Gasteiger partial charge >= 0.3 is 5.97 Å². The lowest BCUT2D eigenvalue weighted by atomic mass is 10.1. The number of ether oxygens (including phenoxy) is 1. The molecule has 2 unspecified atom stereocenters. The van der Waals surface area contributed by atoms with Crippen molar-refractivity contribution in [1.82, 2.24) is 0 Å². The van der Waals surface area contributed by atoms with Gasteiger partial charge in [-0.25, -0.2) is 0 Å². The van der Waals surface area contributed by atoms with Gasteiger partial charge in [-0.2, -0.15) is 0 Å². The van der Waals surface area contributed by atoms with Crippen molar-refractivity contribution in [2.75, 3.05) is 6.61 Å². The van der Waals surface area contributed by atoms with E-state index in [2.05, 4.69) is 0 Å². The second-order valence-corrected chi connectivity index (χ2v) is 7.24. The molecular weight excluding hydrogens is 248 g/mol. The third-order valence-electron chi connectivity index (χ3n) is 2.42. The van der Waals surface area contributed by atoms with Crippen LogP contribution in [-0.2, 0) is 20.3 Å². The highest BCUT2D eigenvalue weighted by Crippen LogP contribution is 2.29. The lowest BCUT2D eigenvalue weighted by Gasteiger charge is -2.24. The molecule has 0 aliphatic heterocycles. The van der Waals surface area contributed by atoms with Crippen LogP contribution in [0.1, 0.15) is 38.5 Å². The molecule has 1 rings (SSSR count). The van der Waals surface area contributed by atoms with Crippen LogP contribution < -0.4 is 0 Å². The molecule has 100 valence electrons. The number of esters is 1. The smallest absolute Gasteiger partial charge is 0.326 e. The number of hydrogen-bond acceptors (Lipinski definition) is 3. The Labute approximate surface area is 111 Å². The van der Waals surface area contributed by atoms with Crippen molar-refractivity contribution in [1.29, 1.82) is 0 Å². The molecule has 3 nitrogen and oxygen atoms in total. The van der Waals surface area contributed by atoms with Gasteiger partial charge in [0.15, 0.2) is 5.25 Å². The molecular formula is C14H20O3S. The minimum absolute atomic E-state index is 0.295. The van der Waals surface area contributed by atoms with Crippen LogP contribution in [-0.4, -0.2) is 21.5 Å². The maximum atomic E-state index is 12.5. The highest BCUT2D eigenvalue weighted by molar-refractivity contribution is 7.87. The van der Waals surface area contributed by atoms with Gasteiger partial charge in [-0.3, -0.25) is 9.00 Å². The molecule has 0 N–H and O–H groups in total. The molecule has 0 aliphatic carbocycles. The predicted molar refractivity (Wildman–Crippen MR) is 73.7 cm³/mol. The van der Waals surface area contributed by atoms with E-state index < -0.39 is 26.8 Å². The van der Waals surface area contributed by atoms with E-state index in [1.807, 2.05) is 51.1 Å². The molecule has 0 radical (unpaired) electrons. The molecule has 0 amide bonds. The Morgan fingerprint density at radius 1 is 1.28 bits per heavy atom. The van der Waals surface area contributed by atoms with E-state index in [1.165, 1.54) is 0 Å². The summed E-state index contributed by atoms with van der Waals surface area (Å²) in [7, 11) is -1.33. The van der Waals surface area contributed by atoms with Crippen LogP contribution in [0.5, 0.6) is 0 Å². The van der Waals surface area contributed by atoms with Crippen LogP contribution in [0.4, 0.5) is 0 Å². The molecule has 1 aromatic rings. The molecule has 18 heavy (non-hydrogen) atoms. The minimum Gasteiger partial charge on any atom is -0.465 e. The largest absolute Gasteiger partial charge is 0.465 e. The monoisotopic (exact) mass is 268 g/mol. The average Bonchev–Trinajstić information content (AvgIpc) is 2.29. The van der Waals surface area contributed by atoms with E-state index >= 15 is 0 Å². The van der Waals surface area contributed by atoms with Crippen molar-refractivity contribution < 1.29 is 13.7 Å². The lowest BCUT2D eigenvalue weighted by Crippen LogP contribution is -2.32. The molecule has 0 saturated heterocycles. The molecule has 0 bridgehead atoms. The summed E-state index contributed by atoms with van der Waals surface area (Å²) in [4.78, 5) is 12.0. The first kappa shape index (κ1) is 14.9. The zero-order chi connectivity index (χ0) is 13.8. The Morgan fingerprint density at radius 3 is 2.28 bits per heavy atom. The van der Waals surface area contributed by atoms with Crippen LogP contribution >= 0.6 is 0 Å². The number of rotatable bonds is 4. The fourth-order valence-corrected chi connectivity index (χ4v) is 2.90. The fourth-order valence-electron chi connectivity index (χ4n) is 1.55. The van der Waals surface area contributed by atoms with Crippen LogP contribution in [0.2, 0.25) is 0 Å². The van der Waals surface area contributed by atoms with Crippen LogP contribution in [0.25, 0.3) is 0 Å². The second kappa shape index (κ2) is 6.14. The van der Waals surface area contributed by atoms with Gasteiger partial charge in [0.05, 0.1) is 6.61 Å². The molecule has 0 heterocycles. The van der Waals surface area contributed by atoms with Crippen LogP contribution in [0, 0.1) is 0 Å². The highest BCUT2D eigenvalue weighted by atomic mass is 32.2. The Bertz CT molecular complexity index is 420. The fraction of sp³-hybridized carbons (Fsp3) is 0.500. The zero-order valence-corrected chi connectivity index (χ0v) is 12.1. The van der Waals surface area contributed by atoms with E-state index in [9.17, 15) is 9.00 Å². The molecule has 0 aliphatic rings. The van der Waals surface area contributed by atoms with Gasteiger partial charge in [0.2, 0.25) is 0 Å². The van der Waals surface area contributed by atoms with E-state index in [0.717, 1.165) is 5.56 Å². The van der Waals surface area contributed by atoms with Gasteiger partial charge in [-0.15, -0.1) is 0 Å². The topological polar surface area (TPSA) is 43.4 Å². The number of hydrogen-bond donors (Lipinski definition) is 0. The zero-order valence-electron chi connectivity index (χ0n) is 11.3. The van der Waals surface area contributed by atoms with E-state index in [0.29, 0.717) is 6.61 Å². The van der Waals surface area contributed by atoms with Crippen LogP contribution in [0.15, 0.2) is 30.3 Å². The summed E-state index contributed by atoms with van der Waals surface area (Å²) in [6.45, 7) is 7.62. The standard InChI is InChI=1S/C14H20O3S/c1-5-17-13(15)12(18(16)14(2,3)4)11-9-7-6-8-10-11/h6-10,12H,5H2,1-4H3. The summed E-state index contributed by atoms with van der Waals surface area (Å²) in [5.41, 5.74) is 0.740. The number of carbonyl (C=O) groups is 1. The summed E-state index contributed by atoms with van der Waals surface area (Å²) in [6, 6.07) is 9.16. The van der Waals surface area contributed by atoms with E-state index in [4.69, 9.17) is 4.74 Å². The second-order valence-electron chi connectivity index (χ2n) is 4.95. The van der Waals surface area contributed by atoms with Gasteiger partial charge in [-0.05, 0) is 33.3 Å². The summed E-state index contributed by atoms with van der Waals surface area (Å²) >= 11 is 0. The van der Waals surface area contributed by atoms with Gasteiger partial charge < -0.3 is 4.74 Å². The van der Waals surface area contributed by atoms with Gasteiger partial charge in [0, 0.05) is 15.5 Å². The first-order chi connectivity index (χ1) is 8.38. The van der Waals surface area contributed by atoms with Gasteiger partial charge in [-0.1, -0.05) is 30.3 Å². The van der Waals surface area contributed by atoms with E-state index in [-0.39, 0.29) is 0 Å². The summed E-state index contributed by atoms with van der Waals surface area (Å²) in [6.07, 6.45) is 0. The summed E-state index contributed by atoms with van der Waals surface area (Å²) in [5.74, 6) is -0.419. The minimum atomic E-state index is -1.33. The van der Waals surface area contributed by atoms with Crippen molar-refractivity contribution in [3.8, 4) is 0 Å². The molecule has 4 heteroatoms. The molecule has 0 aromatic heterocycles. The van der Waals surface area contributed by atoms with Crippen molar-refractivity contribution in [3.63, 3.8) is 0 Å². The number of benzene rings is 1. The Kier molecular flexibility index (Phi) is 5.08. The third kappa shape index (κ3) is 3.67. The Balaban J connectivity index is 3.12. The quantitative estimate of drug-likeness (QED) is 0.789. The maximum absolute atomic E-state index is 12.5. The highest BCUT2D eigenvalue weighted by Gasteiger charge is 2.35. The van der Waals surface area contributed by atoms with Crippen molar-refractivity contribution in [3.05, 3.63) is 35.9 Å². The first-order valence-electron chi connectivity index (χ1n) is 6.00. The molecule has 1 aromatic carbocycles. The SMILES string of the molecule is CCOC(=O)C(c1ccccc1)S(=O)C(C)(C)C.